The summed E-state index contributed by atoms with van der Waals surface area (Å²) in [5.74, 6) is 1.82. The Hall–Kier alpha value is -0.570. The minimum atomic E-state index is -0.273. The first-order chi connectivity index (χ1) is 16.0. The summed E-state index contributed by atoms with van der Waals surface area (Å²) in [7, 11) is 0. The number of fused-ring (bicyclic) bond motifs is 7. The van der Waals surface area contributed by atoms with E-state index in [1.54, 1.807) is 6.92 Å². The monoisotopic (exact) mass is 486 g/mol. The van der Waals surface area contributed by atoms with Crippen LogP contribution >= 0.6 is 0 Å². The van der Waals surface area contributed by atoms with Gasteiger partial charge in [-0.15, -0.1) is 0 Å². The van der Waals surface area contributed by atoms with Gasteiger partial charge in [0.25, 0.3) is 0 Å². The van der Waals surface area contributed by atoms with Crippen molar-refractivity contribution < 1.29 is 14.6 Å². The standard InChI is InChI=1S/C32H54O3/c1-20-23(35-21(2)33)10-11-24-29(6)15-17-31(8)25-19-27(3,4)12-13-28(25,5)14-16-32(31,9)26(29)22(34)18-30(20,24)7/h20,22-26,34H,10-19H2,1-9H3/t20-,22?,23?,24-,25+,26-,28+,29-,30+,31-,32+/m0/s1. The van der Waals surface area contributed by atoms with Gasteiger partial charge in [0, 0.05) is 6.92 Å². The summed E-state index contributed by atoms with van der Waals surface area (Å²) in [4.78, 5) is 11.8. The van der Waals surface area contributed by atoms with Crippen molar-refractivity contribution >= 4 is 5.97 Å². The molecule has 0 aliphatic heterocycles. The maximum Gasteiger partial charge on any atom is 0.302 e. The third kappa shape index (κ3) is 3.41. The highest BCUT2D eigenvalue weighted by atomic mass is 16.5. The third-order valence-corrected chi connectivity index (χ3v) is 14.1. The first-order valence-corrected chi connectivity index (χ1v) is 14.9. The molecule has 5 aliphatic carbocycles. The third-order valence-electron chi connectivity index (χ3n) is 14.1. The van der Waals surface area contributed by atoms with Crippen LogP contribution in [0.3, 0.4) is 0 Å². The molecule has 0 bridgehead atoms. The van der Waals surface area contributed by atoms with E-state index in [4.69, 9.17) is 4.74 Å². The smallest absolute Gasteiger partial charge is 0.302 e. The van der Waals surface area contributed by atoms with Gasteiger partial charge in [-0.1, -0.05) is 55.4 Å². The normalized spacial score (nSPS) is 57.2. The Kier molecular flexibility index (Phi) is 5.76. The Balaban J connectivity index is 1.53. The van der Waals surface area contributed by atoms with Crippen LogP contribution in [0.25, 0.3) is 0 Å². The lowest BCUT2D eigenvalue weighted by Crippen LogP contribution is -2.71. The second-order valence-corrected chi connectivity index (χ2v) is 16.2. The molecule has 0 aromatic carbocycles. The van der Waals surface area contributed by atoms with Crippen LogP contribution in [0.5, 0.6) is 0 Å². The van der Waals surface area contributed by atoms with E-state index in [0.29, 0.717) is 22.7 Å². The molecular weight excluding hydrogens is 432 g/mol. The SMILES string of the molecule is CC(=O)OC1CC[C@@H]2[C@](C)(CC(O)[C@H]3[C@@]2(C)CC[C@@]2(C)[C@@H]4CC(C)(C)CC[C@]4(C)CC[C@]32C)[C@H]1C. The van der Waals surface area contributed by atoms with Crippen LogP contribution in [-0.4, -0.2) is 23.3 Å². The minimum Gasteiger partial charge on any atom is -0.462 e. The predicted octanol–water partition coefficient (Wildman–Crippen LogP) is 7.79. The highest BCUT2D eigenvalue weighted by molar-refractivity contribution is 5.66. The lowest BCUT2D eigenvalue weighted by atomic mass is 9.29. The van der Waals surface area contributed by atoms with Gasteiger partial charge < -0.3 is 9.84 Å². The van der Waals surface area contributed by atoms with E-state index in [9.17, 15) is 9.90 Å². The van der Waals surface area contributed by atoms with Crippen molar-refractivity contribution in [3.8, 4) is 0 Å². The maximum absolute atomic E-state index is 12.1. The van der Waals surface area contributed by atoms with Crippen LogP contribution < -0.4 is 0 Å². The molecule has 0 amide bonds. The van der Waals surface area contributed by atoms with Gasteiger partial charge in [-0.05, 0) is 120 Å². The first-order valence-electron chi connectivity index (χ1n) is 14.9. The lowest BCUT2D eigenvalue weighted by Gasteiger charge is -2.75. The van der Waals surface area contributed by atoms with E-state index in [1.807, 2.05) is 0 Å². The molecule has 3 heteroatoms. The first kappa shape index (κ1) is 26.1. The molecule has 0 heterocycles. The van der Waals surface area contributed by atoms with Crippen LogP contribution in [0.2, 0.25) is 0 Å². The van der Waals surface area contributed by atoms with Crippen molar-refractivity contribution in [1.29, 1.82) is 0 Å². The molecule has 5 rings (SSSR count). The van der Waals surface area contributed by atoms with Gasteiger partial charge in [0.05, 0.1) is 6.10 Å². The second-order valence-electron chi connectivity index (χ2n) is 16.2. The van der Waals surface area contributed by atoms with Gasteiger partial charge in [-0.2, -0.15) is 0 Å². The zero-order valence-electron chi connectivity index (χ0n) is 24.3. The summed E-state index contributed by atoms with van der Waals surface area (Å²) in [6.07, 6.45) is 11.9. The molecular formula is C32H54O3. The molecule has 1 N–H and O–H groups in total. The molecule has 200 valence electrons. The molecule has 5 fully saturated rings. The van der Waals surface area contributed by atoms with Crippen LogP contribution in [0.1, 0.15) is 127 Å². The molecule has 2 unspecified atom stereocenters. The highest BCUT2D eigenvalue weighted by Gasteiger charge is 2.72. The quantitative estimate of drug-likeness (QED) is 0.385. The van der Waals surface area contributed by atoms with Crippen LogP contribution in [-0.2, 0) is 9.53 Å². The Labute approximate surface area is 215 Å². The number of aliphatic hydroxyl groups excluding tert-OH is 1. The van der Waals surface area contributed by atoms with Gasteiger partial charge in [0.2, 0.25) is 0 Å². The number of hydrogen-bond donors (Lipinski definition) is 1. The van der Waals surface area contributed by atoms with E-state index < -0.39 is 0 Å². The number of ether oxygens (including phenoxy) is 1. The van der Waals surface area contributed by atoms with Crippen molar-refractivity contribution in [1.82, 2.24) is 0 Å². The Morgan fingerprint density at radius 3 is 2.06 bits per heavy atom. The van der Waals surface area contributed by atoms with Crippen molar-refractivity contribution in [2.24, 2.45) is 56.2 Å². The molecule has 5 saturated carbocycles. The number of carbonyl (C=O) groups is 1. The number of hydrogen-bond acceptors (Lipinski definition) is 3. The van der Waals surface area contributed by atoms with Gasteiger partial charge in [-0.25, -0.2) is 0 Å². The topological polar surface area (TPSA) is 46.5 Å². The molecule has 0 saturated heterocycles. The second kappa shape index (κ2) is 7.73. The predicted molar refractivity (Wildman–Crippen MR) is 142 cm³/mol. The van der Waals surface area contributed by atoms with E-state index >= 15 is 0 Å². The number of aliphatic hydroxyl groups is 1. The number of esters is 1. The fourth-order valence-electron chi connectivity index (χ4n) is 11.9. The number of carbonyl (C=O) groups excluding carboxylic acids is 1. The van der Waals surface area contributed by atoms with Gasteiger partial charge in [-0.3, -0.25) is 4.79 Å². The van der Waals surface area contributed by atoms with Crippen molar-refractivity contribution in [2.45, 2.75) is 139 Å². The van der Waals surface area contributed by atoms with Crippen molar-refractivity contribution in [3.63, 3.8) is 0 Å². The summed E-state index contributed by atoms with van der Waals surface area (Å²) in [5, 5.41) is 12.1. The molecule has 5 aliphatic rings. The van der Waals surface area contributed by atoms with E-state index in [2.05, 4.69) is 55.4 Å². The summed E-state index contributed by atoms with van der Waals surface area (Å²) in [6, 6.07) is 0. The zero-order chi connectivity index (χ0) is 25.8. The Morgan fingerprint density at radius 1 is 0.771 bits per heavy atom. The molecule has 35 heavy (non-hydrogen) atoms. The minimum absolute atomic E-state index is 0.00889. The lowest BCUT2D eigenvalue weighted by molar-refractivity contribution is -0.289. The molecule has 11 atom stereocenters. The van der Waals surface area contributed by atoms with Crippen LogP contribution in [0.4, 0.5) is 0 Å². The Morgan fingerprint density at radius 2 is 1.40 bits per heavy atom. The van der Waals surface area contributed by atoms with E-state index in [-0.39, 0.29) is 45.8 Å². The summed E-state index contributed by atoms with van der Waals surface area (Å²) < 4.78 is 5.81. The van der Waals surface area contributed by atoms with E-state index in [0.717, 1.165) is 25.2 Å². The van der Waals surface area contributed by atoms with Crippen molar-refractivity contribution in [2.75, 3.05) is 0 Å². The zero-order valence-corrected chi connectivity index (χ0v) is 24.3. The highest BCUT2D eigenvalue weighted by Crippen LogP contribution is 2.78. The fourth-order valence-corrected chi connectivity index (χ4v) is 11.9. The average Bonchev–Trinajstić information content (AvgIpc) is 2.74. The summed E-state index contributed by atoms with van der Waals surface area (Å²) in [6.45, 7) is 21.7. The molecule has 0 aromatic heterocycles. The van der Waals surface area contributed by atoms with Crippen molar-refractivity contribution in [3.05, 3.63) is 0 Å². The van der Waals surface area contributed by atoms with Crippen LogP contribution in [0, 0.1) is 56.2 Å². The summed E-state index contributed by atoms with van der Waals surface area (Å²) in [5.41, 5.74) is 1.52. The average molecular weight is 487 g/mol. The summed E-state index contributed by atoms with van der Waals surface area (Å²) >= 11 is 0. The molecule has 0 spiro atoms. The Bertz CT molecular complexity index is 880. The maximum atomic E-state index is 12.1. The van der Waals surface area contributed by atoms with E-state index in [1.165, 1.54) is 44.9 Å². The molecule has 0 radical (unpaired) electrons. The van der Waals surface area contributed by atoms with Crippen LogP contribution in [0.15, 0.2) is 0 Å². The largest absolute Gasteiger partial charge is 0.462 e. The number of rotatable bonds is 1. The fraction of sp³-hybridized carbons (Fsp3) is 0.969. The molecule has 0 aromatic rings. The molecule has 3 nitrogen and oxygen atoms in total. The van der Waals surface area contributed by atoms with Gasteiger partial charge in [0.15, 0.2) is 0 Å². The van der Waals surface area contributed by atoms with Gasteiger partial charge >= 0.3 is 5.97 Å². The van der Waals surface area contributed by atoms with Gasteiger partial charge in [0.1, 0.15) is 6.10 Å².